The number of rotatable bonds is 3. The molecule has 0 amide bonds. The molecule has 6 nitrogen and oxygen atoms in total. The summed E-state index contributed by atoms with van der Waals surface area (Å²) in [5.74, 6) is 5.17. The maximum Gasteiger partial charge on any atom is 0.269 e. The van der Waals surface area contributed by atoms with Crippen molar-refractivity contribution in [2.75, 3.05) is 13.2 Å². The van der Waals surface area contributed by atoms with E-state index < -0.39 is 11.1 Å². The molecule has 0 saturated heterocycles. The van der Waals surface area contributed by atoms with Gasteiger partial charge < -0.3 is 9.57 Å². The second-order valence-corrected chi connectivity index (χ2v) is 4.54. The van der Waals surface area contributed by atoms with Crippen LogP contribution in [0.25, 0.3) is 0 Å². The smallest absolute Gasteiger partial charge is 0.269 e. The molecule has 1 aromatic rings. The van der Waals surface area contributed by atoms with Gasteiger partial charge in [-0.3, -0.25) is 0 Å². The van der Waals surface area contributed by atoms with Gasteiger partial charge >= 0.3 is 0 Å². The highest BCUT2D eigenvalue weighted by atomic mass is 32.2. The van der Waals surface area contributed by atoms with E-state index in [1.54, 1.807) is 11.4 Å². The molecule has 0 saturated carbocycles. The Hall–Kier alpha value is -0.960. The minimum Gasteiger partial charge on any atom is -0.471 e. The van der Waals surface area contributed by atoms with Gasteiger partial charge in [0.25, 0.3) is 5.90 Å². The number of thiophene rings is 1. The van der Waals surface area contributed by atoms with Crippen LogP contribution >= 0.6 is 11.3 Å². The van der Waals surface area contributed by atoms with E-state index in [0.29, 0.717) is 28.9 Å². The lowest BCUT2D eigenvalue weighted by atomic mass is 10.4. The van der Waals surface area contributed by atoms with E-state index in [-0.39, 0.29) is 0 Å². The van der Waals surface area contributed by atoms with Crippen molar-refractivity contribution < 1.29 is 18.1 Å². The van der Waals surface area contributed by atoms with Gasteiger partial charge in [0.05, 0.1) is 4.90 Å². The molecule has 0 aromatic carbocycles. The second kappa shape index (κ2) is 4.71. The summed E-state index contributed by atoms with van der Waals surface area (Å²) in [6, 6.07) is 1.64. The monoisotopic (exact) mass is 248 g/mol. The minimum absolute atomic E-state index is 0.316. The molecule has 0 radical (unpaired) electrons. The summed E-state index contributed by atoms with van der Waals surface area (Å²) in [6.45, 7) is 0.840. The van der Waals surface area contributed by atoms with Crippen LogP contribution in [0, 0.1) is 0 Å². The van der Waals surface area contributed by atoms with Crippen LogP contribution in [0.15, 0.2) is 21.5 Å². The largest absolute Gasteiger partial charge is 0.471 e. The van der Waals surface area contributed by atoms with E-state index in [1.807, 2.05) is 0 Å². The quantitative estimate of drug-likeness (QED) is 0.781. The molecule has 15 heavy (non-hydrogen) atoms. The van der Waals surface area contributed by atoms with Gasteiger partial charge in [-0.15, -0.1) is 11.3 Å². The lowest BCUT2D eigenvalue weighted by molar-refractivity contribution is 0.0656. The van der Waals surface area contributed by atoms with Crippen LogP contribution in [0.3, 0.4) is 0 Å². The third-order valence-electron chi connectivity index (χ3n) is 1.65. The molecule has 1 atom stereocenters. The Labute approximate surface area is 92.2 Å². The van der Waals surface area contributed by atoms with Crippen LogP contribution in [0.4, 0.5) is 0 Å². The Morgan fingerprint density at radius 1 is 1.60 bits per heavy atom. The van der Waals surface area contributed by atoms with E-state index in [9.17, 15) is 4.21 Å². The molecule has 0 bridgehead atoms. The summed E-state index contributed by atoms with van der Waals surface area (Å²) in [5, 5.41) is 5.48. The topological polar surface area (TPSA) is 83.1 Å². The number of nitrogens with zero attached hydrogens (tertiary/aromatic N) is 1. The van der Waals surface area contributed by atoms with E-state index in [2.05, 4.69) is 9.44 Å². The van der Waals surface area contributed by atoms with Crippen LogP contribution in [0.2, 0.25) is 0 Å². The predicted molar refractivity (Wildman–Crippen MR) is 54.4 cm³/mol. The first-order valence-corrected chi connectivity index (χ1v) is 5.98. The van der Waals surface area contributed by atoms with Crippen molar-refractivity contribution in [3.63, 3.8) is 0 Å². The third-order valence-corrected chi connectivity index (χ3v) is 3.56. The van der Waals surface area contributed by atoms with Crippen LogP contribution in [0.1, 0.15) is 4.88 Å². The van der Waals surface area contributed by atoms with E-state index in [0.717, 1.165) is 0 Å². The summed E-state index contributed by atoms with van der Waals surface area (Å²) in [4.78, 5) is 5.92. The molecule has 2 rings (SSSR count). The third kappa shape index (κ3) is 2.17. The molecule has 1 aliphatic rings. The van der Waals surface area contributed by atoms with Gasteiger partial charge in [0.2, 0.25) is 11.1 Å². The minimum atomic E-state index is -1.70. The van der Waals surface area contributed by atoms with Gasteiger partial charge in [-0.05, 0) is 16.6 Å². The van der Waals surface area contributed by atoms with Crippen molar-refractivity contribution in [3.8, 4) is 0 Å². The lowest BCUT2D eigenvalue weighted by Gasteiger charge is -2.12. The summed E-state index contributed by atoms with van der Waals surface area (Å²) in [6.07, 6.45) is 0. The van der Waals surface area contributed by atoms with Crippen molar-refractivity contribution in [3.05, 3.63) is 16.3 Å². The fourth-order valence-corrected chi connectivity index (χ4v) is 2.73. The first-order valence-electron chi connectivity index (χ1n) is 4.02. The van der Waals surface area contributed by atoms with E-state index in [1.165, 1.54) is 11.3 Å². The van der Waals surface area contributed by atoms with Crippen molar-refractivity contribution in [1.29, 1.82) is 0 Å². The zero-order chi connectivity index (χ0) is 10.7. The molecule has 0 fully saturated rings. The highest BCUT2D eigenvalue weighted by Crippen LogP contribution is 2.23. The van der Waals surface area contributed by atoms with Gasteiger partial charge in [0.15, 0.2) is 6.61 Å². The molecule has 2 N–H and O–H groups in total. The summed E-state index contributed by atoms with van der Waals surface area (Å²) < 4.78 is 20.9. The molecule has 8 heteroatoms. The molecule has 82 valence electrons. The maximum absolute atomic E-state index is 11.4. The standard InChI is InChI=1S/C7H8N2O4S2/c8-13-15(10)5-1-4-14-6(5)7-9-12-3-2-11-7/h1,4H,2-3,8H2. The van der Waals surface area contributed by atoms with Crippen LogP contribution in [-0.4, -0.2) is 23.3 Å². The molecular weight excluding hydrogens is 240 g/mol. The average Bonchev–Trinajstić information content (AvgIpc) is 2.78. The normalized spacial score (nSPS) is 17.5. The lowest BCUT2D eigenvalue weighted by Crippen LogP contribution is -2.18. The highest BCUT2D eigenvalue weighted by Gasteiger charge is 2.20. The first-order chi connectivity index (χ1) is 7.33. The van der Waals surface area contributed by atoms with Gasteiger partial charge in [-0.1, -0.05) is 0 Å². The van der Waals surface area contributed by atoms with Crippen molar-refractivity contribution >= 4 is 28.3 Å². The zero-order valence-corrected chi connectivity index (χ0v) is 9.18. The van der Waals surface area contributed by atoms with Gasteiger partial charge in [0.1, 0.15) is 11.5 Å². The van der Waals surface area contributed by atoms with Crippen LogP contribution in [-0.2, 0) is 24.9 Å². The van der Waals surface area contributed by atoms with Gasteiger partial charge in [-0.25, -0.2) is 4.21 Å². The molecule has 1 aromatic heterocycles. The average molecular weight is 248 g/mol. The van der Waals surface area contributed by atoms with Gasteiger partial charge in [-0.2, -0.15) is 10.2 Å². The number of nitrogens with two attached hydrogens (primary N) is 1. The Balaban J connectivity index is 2.31. The van der Waals surface area contributed by atoms with Crippen molar-refractivity contribution in [1.82, 2.24) is 0 Å². The molecule has 2 heterocycles. The van der Waals surface area contributed by atoms with Crippen molar-refractivity contribution in [2.24, 2.45) is 11.1 Å². The second-order valence-electron chi connectivity index (χ2n) is 2.52. The number of hydrogen-bond donors (Lipinski definition) is 1. The predicted octanol–water partition coefficient (Wildman–Crippen LogP) is 0.369. The summed E-state index contributed by atoms with van der Waals surface area (Å²) in [7, 11) is 0. The SMILES string of the molecule is NOS(=O)c1ccsc1C1=NOCCO1. The fraction of sp³-hybridized carbons (Fsp3) is 0.286. The summed E-state index contributed by atoms with van der Waals surface area (Å²) in [5.41, 5.74) is 0. The summed E-state index contributed by atoms with van der Waals surface area (Å²) >= 11 is -0.365. The first kappa shape index (κ1) is 10.6. The fourth-order valence-electron chi connectivity index (χ4n) is 1.05. The maximum atomic E-state index is 11.4. The molecule has 1 aliphatic heterocycles. The van der Waals surface area contributed by atoms with E-state index in [4.69, 9.17) is 15.5 Å². The molecule has 0 spiro atoms. The van der Waals surface area contributed by atoms with E-state index >= 15 is 0 Å². The number of hydrogen-bond acceptors (Lipinski definition) is 7. The number of oxime groups is 1. The Bertz CT molecular complexity index is 403. The van der Waals surface area contributed by atoms with Crippen LogP contribution in [0.5, 0.6) is 0 Å². The Kier molecular flexibility index (Phi) is 3.31. The number of ether oxygens (including phenoxy) is 1. The Morgan fingerprint density at radius 2 is 2.47 bits per heavy atom. The molecule has 1 unspecified atom stereocenters. The van der Waals surface area contributed by atoms with Crippen LogP contribution < -0.4 is 5.90 Å². The molecular formula is C7H8N2O4S2. The van der Waals surface area contributed by atoms with Gasteiger partial charge in [0, 0.05) is 0 Å². The van der Waals surface area contributed by atoms with Crippen molar-refractivity contribution in [2.45, 2.75) is 4.90 Å². The zero-order valence-electron chi connectivity index (χ0n) is 7.54. The Morgan fingerprint density at radius 3 is 3.13 bits per heavy atom. The highest BCUT2D eigenvalue weighted by molar-refractivity contribution is 7.80. The molecule has 0 aliphatic carbocycles.